The summed E-state index contributed by atoms with van der Waals surface area (Å²) >= 11 is 0. The lowest BCUT2D eigenvalue weighted by Crippen LogP contribution is -2.00. The molecule has 1 N–H and O–H groups in total. The third-order valence-corrected chi connectivity index (χ3v) is 2.22. The molecule has 0 amide bonds. The Hall–Kier alpha value is -1.45. The first kappa shape index (κ1) is 8.16. The van der Waals surface area contributed by atoms with E-state index in [0.29, 0.717) is 12.1 Å². The zero-order valence-corrected chi connectivity index (χ0v) is 6.77. The number of pyridine rings is 1. The van der Waals surface area contributed by atoms with Crippen LogP contribution in [-0.4, -0.2) is 16.1 Å². The van der Waals surface area contributed by atoms with Gasteiger partial charge in [-0.2, -0.15) is 4.39 Å². The van der Waals surface area contributed by atoms with Crippen molar-refractivity contribution in [3.63, 3.8) is 0 Å². The van der Waals surface area contributed by atoms with Crippen LogP contribution in [0, 0.1) is 11.9 Å². The quantitative estimate of drug-likeness (QED) is 0.702. The SMILES string of the molecule is O=C(O)[C@@H]1C[C@H]1c1cccc(F)n1. The van der Waals surface area contributed by atoms with Crippen LogP contribution in [0.15, 0.2) is 18.2 Å². The minimum absolute atomic E-state index is 0.0896. The number of nitrogens with zero attached hydrogens (tertiary/aromatic N) is 1. The zero-order valence-electron chi connectivity index (χ0n) is 6.77. The number of aromatic nitrogens is 1. The van der Waals surface area contributed by atoms with Crippen LogP contribution in [0.25, 0.3) is 0 Å². The lowest BCUT2D eigenvalue weighted by Gasteiger charge is -1.96. The van der Waals surface area contributed by atoms with Crippen LogP contribution >= 0.6 is 0 Å². The predicted octanol–water partition coefficient (Wildman–Crippen LogP) is 1.41. The first-order valence-corrected chi connectivity index (χ1v) is 4.04. The topological polar surface area (TPSA) is 50.2 Å². The fourth-order valence-corrected chi connectivity index (χ4v) is 1.43. The van der Waals surface area contributed by atoms with Gasteiger partial charge in [-0.3, -0.25) is 4.79 Å². The Balaban J connectivity index is 2.16. The van der Waals surface area contributed by atoms with Crippen LogP contribution in [0.4, 0.5) is 4.39 Å². The van der Waals surface area contributed by atoms with E-state index in [1.165, 1.54) is 6.07 Å². The summed E-state index contributed by atoms with van der Waals surface area (Å²) in [5.74, 6) is -1.83. The van der Waals surface area contributed by atoms with Crippen LogP contribution in [0.2, 0.25) is 0 Å². The first-order chi connectivity index (χ1) is 6.18. The highest BCUT2D eigenvalue weighted by atomic mass is 19.1. The largest absolute Gasteiger partial charge is 0.481 e. The molecule has 68 valence electrons. The van der Waals surface area contributed by atoms with Crippen molar-refractivity contribution in [2.45, 2.75) is 12.3 Å². The van der Waals surface area contributed by atoms with E-state index in [2.05, 4.69) is 4.98 Å². The van der Waals surface area contributed by atoms with Crippen LogP contribution in [0.1, 0.15) is 18.0 Å². The predicted molar refractivity (Wildman–Crippen MR) is 42.7 cm³/mol. The third kappa shape index (κ3) is 1.52. The van der Waals surface area contributed by atoms with E-state index in [1.807, 2.05) is 0 Å². The Labute approximate surface area is 74.2 Å². The second-order valence-corrected chi connectivity index (χ2v) is 3.17. The van der Waals surface area contributed by atoms with Crippen molar-refractivity contribution in [2.75, 3.05) is 0 Å². The number of carboxylic acid groups (broad SMARTS) is 1. The number of carbonyl (C=O) groups is 1. The molecule has 1 aromatic rings. The molecule has 0 saturated heterocycles. The molecule has 1 saturated carbocycles. The molecule has 1 aromatic heterocycles. The second kappa shape index (κ2) is 2.80. The fourth-order valence-electron chi connectivity index (χ4n) is 1.43. The molecule has 1 aliphatic rings. The number of hydrogen-bond donors (Lipinski definition) is 1. The van der Waals surface area contributed by atoms with E-state index in [9.17, 15) is 9.18 Å². The highest BCUT2D eigenvalue weighted by Gasteiger charge is 2.45. The maximum Gasteiger partial charge on any atom is 0.307 e. The molecule has 3 nitrogen and oxygen atoms in total. The first-order valence-electron chi connectivity index (χ1n) is 4.04. The van der Waals surface area contributed by atoms with E-state index < -0.39 is 11.9 Å². The molecule has 0 unspecified atom stereocenters. The normalized spacial score (nSPS) is 25.6. The van der Waals surface area contributed by atoms with Gasteiger partial charge in [0.25, 0.3) is 0 Å². The van der Waals surface area contributed by atoms with Gasteiger partial charge in [-0.15, -0.1) is 0 Å². The maximum atomic E-state index is 12.6. The summed E-state index contributed by atoms with van der Waals surface area (Å²) < 4.78 is 12.6. The van der Waals surface area contributed by atoms with Crippen LogP contribution in [0.3, 0.4) is 0 Å². The Morgan fingerprint density at radius 3 is 2.92 bits per heavy atom. The number of carboxylic acids is 1. The minimum atomic E-state index is -0.823. The Morgan fingerprint density at radius 1 is 1.62 bits per heavy atom. The van der Waals surface area contributed by atoms with Crippen molar-refractivity contribution < 1.29 is 14.3 Å². The summed E-state index contributed by atoms with van der Waals surface area (Å²) in [5, 5.41) is 8.63. The summed E-state index contributed by atoms with van der Waals surface area (Å²) in [4.78, 5) is 14.1. The number of aliphatic carboxylic acids is 1. The van der Waals surface area contributed by atoms with Crippen molar-refractivity contribution in [3.05, 3.63) is 29.8 Å². The number of rotatable bonds is 2. The molecule has 13 heavy (non-hydrogen) atoms. The van der Waals surface area contributed by atoms with Crippen molar-refractivity contribution >= 4 is 5.97 Å². The molecule has 0 spiro atoms. The molecule has 1 aliphatic carbocycles. The van der Waals surface area contributed by atoms with Crippen LogP contribution < -0.4 is 0 Å². The highest BCUT2D eigenvalue weighted by Crippen LogP contribution is 2.46. The molecule has 0 aliphatic heterocycles. The highest BCUT2D eigenvalue weighted by molar-refractivity contribution is 5.75. The van der Waals surface area contributed by atoms with E-state index in [1.54, 1.807) is 12.1 Å². The van der Waals surface area contributed by atoms with Gasteiger partial charge in [0, 0.05) is 11.6 Å². The summed E-state index contributed by atoms with van der Waals surface area (Å²) in [5.41, 5.74) is 0.549. The standard InChI is InChI=1S/C9H8FNO2/c10-8-3-1-2-7(11-8)5-4-6(5)9(12)13/h1-3,5-6H,4H2,(H,12,13)/t5-,6-/m1/s1. The third-order valence-electron chi connectivity index (χ3n) is 2.22. The Bertz CT molecular complexity index is 353. The van der Waals surface area contributed by atoms with Gasteiger partial charge in [-0.25, -0.2) is 4.98 Å². The van der Waals surface area contributed by atoms with Crippen molar-refractivity contribution in [3.8, 4) is 0 Å². The van der Waals surface area contributed by atoms with E-state index >= 15 is 0 Å². The monoisotopic (exact) mass is 181 g/mol. The molecule has 0 aromatic carbocycles. The Kier molecular flexibility index (Phi) is 1.76. The van der Waals surface area contributed by atoms with Gasteiger partial charge in [-0.05, 0) is 18.6 Å². The lowest BCUT2D eigenvalue weighted by atomic mass is 10.2. The smallest absolute Gasteiger partial charge is 0.307 e. The summed E-state index contributed by atoms with van der Waals surface area (Å²) in [6.07, 6.45) is 0.575. The maximum absolute atomic E-state index is 12.6. The second-order valence-electron chi connectivity index (χ2n) is 3.17. The van der Waals surface area contributed by atoms with Gasteiger partial charge in [0.15, 0.2) is 0 Å². The van der Waals surface area contributed by atoms with Gasteiger partial charge in [0.05, 0.1) is 5.92 Å². The summed E-state index contributed by atoms with van der Waals surface area (Å²) in [6.45, 7) is 0. The van der Waals surface area contributed by atoms with Crippen LogP contribution in [-0.2, 0) is 4.79 Å². The van der Waals surface area contributed by atoms with Crippen LogP contribution in [0.5, 0.6) is 0 Å². The molecular formula is C9H8FNO2. The van der Waals surface area contributed by atoms with E-state index in [-0.39, 0.29) is 11.8 Å². The summed E-state index contributed by atoms with van der Waals surface area (Å²) in [6, 6.07) is 4.47. The molecule has 1 fully saturated rings. The minimum Gasteiger partial charge on any atom is -0.481 e. The average Bonchev–Trinajstić information content (AvgIpc) is 2.82. The molecule has 0 radical (unpaired) electrons. The van der Waals surface area contributed by atoms with Crippen molar-refractivity contribution in [1.29, 1.82) is 0 Å². The van der Waals surface area contributed by atoms with Crippen molar-refractivity contribution in [1.82, 2.24) is 4.98 Å². The van der Waals surface area contributed by atoms with E-state index in [4.69, 9.17) is 5.11 Å². The molecule has 2 atom stereocenters. The van der Waals surface area contributed by atoms with Gasteiger partial charge in [0.2, 0.25) is 5.95 Å². The van der Waals surface area contributed by atoms with Gasteiger partial charge >= 0.3 is 5.97 Å². The van der Waals surface area contributed by atoms with Gasteiger partial charge in [0.1, 0.15) is 0 Å². The van der Waals surface area contributed by atoms with Gasteiger partial charge in [-0.1, -0.05) is 6.07 Å². The number of halogens is 1. The molecule has 2 rings (SSSR count). The molecule has 4 heteroatoms. The lowest BCUT2D eigenvalue weighted by molar-refractivity contribution is -0.138. The zero-order chi connectivity index (χ0) is 9.42. The fraction of sp³-hybridized carbons (Fsp3) is 0.333. The molecule has 1 heterocycles. The van der Waals surface area contributed by atoms with Gasteiger partial charge < -0.3 is 5.11 Å². The Morgan fingerprint density at radius 2 is 2.38 bits per heavy atom. The average molecular weight is 181 g/mol. The molecule has 0 bridgehead atoms. The summed E-state index contributed by atoms with van der Waals surface area (Å²) in [7, 11) is 0. The number of hydrogen-bond acceptors (Lipinski definition) is 2. The van der Waals surface area contributed by atoms with Crippen molar-refractivity contribution in [2.24, 2.45) is 5.92 Å². The molecular weight excluding hydrogens is 173 g/mol. The van der Waals surface area contributed by atoms with E-state index in [0.717, 1.165) is 0 Å².